The van der Waals surface area contributed by atoms with Gasteiger partial charge in [0.15, 0.2) is 11.7 Å². The Morgan fingerprint density at radius 3 is 2.67 bits per heavy atom. The number of carboxylic acid groups (broad SMARTS) is 1. The molecule has 0 radical (unpaired) electrons. The van der Waals surface area contributed by atoms with Crippen molar-refractivity contribution in [2.24, 2.45) is 0 Å². The molecule has 10 heteroatoms. The Hall–Kier alpha value is -3.01. The zero-order valence-corrected chi connectivity index (χ0v) is 15.6. The van der Waals surface area contributed by atoms with Crippen LogP contribution in [0.5, 0.6) is 0 Å². The van der Waals surface area contributed by atoms with Crippen LogP contribution >= 0.6 is 11.3 Å². The molecule has 0 saturated carbocycles. The second kappa shape index (κ2) is 7.31. The molecule has 0 spiro atoms. The van der Waals surface area contributed by atoms with E-state index >= 15 is 0 Å². The van der Waals surface area contributed by atoms with Crippen molar-refractivity contribution < 1.29 is 9.90 Å². The molecule has 0 amide bonds. The van der Waals surface area contributed by atoms with Gasteiger partial charge >= 0.3 is 5.97 Å². The molecule has 1 saturated heterocycles. The largest absolute Gasteiger partial charge is 0.480 e. The number of aryl methyl sites for hydroxylation is 1. The first-order valence-electron chi connectivity index (χ1n) is 8.61. The molecular weight excluding hydrogens is 366 g/mol. The van der Waals surface area contributed by atoms with Gasteiger partial charge in [-0.2, -0.15) is 4.80 Å². The van der Waals surface area contributed by atoms with Crippen molar-refractivity contribution in [2.45, 2.75) is 13.5 Å². The number of para-hydroxylation sites is 1. The Kier molecular flexibility index (Phi) is 4.71. The highest BCUT2D eigenvalue weighted by Gasteiger charge is 2.21. The number of aromatic nitrogens is 5. The van der Waals surface area contributed by atoms with Crippen LogP contribution in [0.15, 0.2) is 30.5 Å². The highest BCUT2D eigenvalue weighted by atomic mass is 32.1. The van der Waals surface area contributed by atoms with Gasteiger partial charge in [0.2, 0.25) is 5.82 Å². The van der Waals surface area contributed by atoms with Gasteiger partial charge in [-0.05, 0) is 23.8 Å². The molecule has 3 aromatic rings. The zero-order chi connectivity index (χ0) is 18.8. The van der Waals surface area contributed by atoms with Crippen LogP contribution in [0.4, 0.5) is 10.8 Å². The molecule has 3 heterocycles. The lowest BCUT2D eigenvalue weighted by Crippen LogP contribution is -2.46. The summed E-state index contributed by atoms with van der Waals surface area (Å²) < 4.78 is 0. The van der Waals surface area contributed by atoms with Gasteiger partial charge < -0.3 is 14.9 Å². The molecule has 0 unspecified atom stereocenters. The number of tetrazole rings is 1. The maximum atomic E-state index is 10.7. The number of hydrogen-bond donors (Lipinski definition) is 1. The van der Waals surface area contributed by atoms with Crippen LogP contribution in [-0.4, -0.2) is 62.4 Å². The number of piperazine rings is 1. The molecule has 2 aromatic heterocycles. The first-order chi connectivity index (χ1) is 13.1. The number of carbonyl (C=O) groups is 1. The van der Waals surface area contributed by atoms with Crippen LogP contribution in [0.25, 0.3) is 10.7 Å². The van der Waals surface area contributed by atoms with Gasteiger partial charge in [0.25, 0.3) is 0 Å². The summed E-state index contributed by atoms with van der Waals surface area (Å²) in [6.45, 7) is 5.49. The van der Waals surface area contributed by atoms with E-state index in [-0.39, 0.29) is 6.54 Å². The number of aliphatic carboxylic acids is 1. The molecular formula is C17H19N7O2S. The summed E-state index contributed by atoms with van der Waals surface area (Å²) in [5.74, 6) is -0.603. The van der Waals surface area contributed by atoms with Gasteiger partial charge in [0.05, 0.1) is 11.1 Å². The highest BCUT2D eigenvalue weighted by Crippen LogP contribution is 2.30. The Labute approximate surface area is 159 Å². The van der Waals surface area contributed by atoms with Crippen molar-refractivity contribution in [2.75, 3.05) is 36.0 Å². The van der Waals surface area contributed by atoms with Crippen LogP contribution in [-0.2, 0) is 11.3 Å². The van der Waals surface area contributed by atoms with Crippen molar-refractivity contribution in [1.29, 1.82) is 0 Å². The van der Waals surface area contributed by atoms with Crippen LogP contribution in [0.3, 0.4) is 0 Å². The number of hydrogen-bond acceptors (Lipinski definition) is 8. The van der Waals surface area contributed by atoms with Crippen LogP contribution < -0.4 is 9.80 Å². The van der Waals surface area contributed by atoms with E-state index in [2.05, 4.69) is 61.4 Å². The Bertz CT molecular complexity index is 946. The summed E-state index contributed by atoms with van der Waals surface area (Å²) in [5, 5.41) is 21.5. The zero-order valence-electron chi connectivity index (χ0n) is 14.8. The number of rotatable bonds is 5. The van der Waals surface area contributed by atoms with Crippen molar-refractivity contribution in [3.05, 3.63) is 36.0 Å². The van der Waals surface area contributed by atoms with E-state index in [0.717, 1.165) is 41.0 Å². The summed E-state index contributed by atoms with van der Waals surface area (Å²) in [7, 11) is 0. The average Bonchev–Trinajstić information content (AvgIpc) is 3.31. The maximum absolute atomic E-state index is 10.7. The van der Waals surface area contributed by atoms with Crippen molar-refractivity contribution in [1.82, 2.24) is 25.2 Å². The predicted octanol–water partition coefficient (Wildman–Crippen LogP) is 1.52. The lowest BCUT2D eigenvalue weighted by molar-refractivity contribution is -0.138. The monoisotopic (exact) mass is 385 g/mol. The Morgan fingerprint density at radius 2 is 1.93 bits per heavy atom. The summed E-state index contributed by atoms with van der Waals surface area (Å²) in [6, 6.07) is 8.44. The van der Waals surface area contributed by atoms with Crippen LogP contribution in [0.1, 0.15) is 5.56 Å². The summed E-state index contributed by atoms with van der Waals surface area (Å²) in [5.41, 5.74) is 2.58. The predicted molar refractivity (Wildman–Crippen MR) is 102 cm³/mol. The highest BCUT2D eigenvalue weighted by molar-refractivity contribution is 7.18. The minimum absolute atomic E-state index is 0.306. The van der Waals surface area contributed by atoms with E-state index < -0.39 is 5.97 Å². The third-order valence-electron chi connectivity index (χ3n) is 4.45. The van der Waals surface area contributed by atoms with Crippen molar-refractivity contribution >= 4 is 28.1 Å². The fourth-order valence-corrected chi connectivity index (χ4v) is 3.99. The molecule has 0 atom stereocenters. The fraction of sp³-hybridized carbons (Fsp3) is 0.353. The third-order valence-corrected chi connectivity index (χ3v) is 5.50. The van der Waals surface area contributed by atoms with Gasteiger partial charge in [-0.1, -0.05) is 29.5 Å². The van der Waals surface area contributed by atoms with Crippen LogP contribution in [0.2, 0.25) is 0 Å². The van der Waals surface area contributed by atoms with Gasteiger partial charge in [0.1, 0.15) is 0 Å². The molecule has 1 fully saturated rings. The fourth-order valence-electron chi connectivity index (χ4n) is 3.10. The second-order valence-electron chi connectivity index (χ2n) is 6.30. The van der Waals surface area contributed by atoms with Crippen molar-refractivity contribution in [3.63, 3.8) is 0 Å². The topological polar surface area (TPSA) is 100 Å². The third kappa shape index (κ3) is 3.75. The van der Waals surface area contributed by atoms with Gasteiger partial charge in [-0.3, -0.25) is 4.79 Å². The van der Waals surface area contributed by atoms with E-state index in [0.29, 0.717) is 5.82 Å². The molecule has 1 aliphatic heterocycles. The summed E-state index contributed by atoms with van der Waals surface area (Å²) in [4.78, 5) is 21.7. The Balaban J connectivity index is 1.42. The van der Waals surface area contributed by atoms with Crippen molar-refractivity contribution in [3.8, 4) is 10.7 Å². The minimum atomic E-state index is -1.00. The average molecular weight is 385 g/mol. The molecule has 1 N–H and O–H groups in total. The van der Waals surface area contributed by atoms with E-state index in [1.807, 2.05) is 0 Å². The van der Waals surface area contributed by atoms with E-state index in [9.17, 15) is 4.79 Å². The molecule has 0 bridgehead atoms. The van der Waals surface area contributed by atoms with Gasteiger partial charge in [0, 0.05) is 31.9 Å². The summed E-state index contributed by atoms with van der Waals surface area (Å²) >= 11 is 1.50. The standard InChI is InChI=1S/C17H19N7O2S/c1-12-4-2-3-5-13(12)22-6-8-23(9-7-22)17-18-10-14(27-17)16-19-21-24(20-16)11-15(25)26/h2-5,10H,6-9,11H2,1H3,(H,25,26). The molecule has 4 rings (SSSR count). The van der Waals surface area contributed by atoms with Crippen LogP contribution in [0, 0.1) is 6.92 Å². The SMILES string of the molecule is Cc1ccccc1N1CCN(c2ncc(-c3nnn(CC(=O)O)n3)s2)CC1. The molecule has 0 aliphatic carbocycles. The first kappa shape index (κ1) is 17.4. The van der Waals surface area contributed by atoms with E-state index in [1.165, 1.54) is 22.6 Å². The number of nitrogens with zero attached hydrogens (tertiary/aromatic N) is 7. The summed E-state index contributed by atoms with van der Waals surface area (Å²) in [6.07, 6.45) is 1.72. The quantitative estimate of drug-likeness (QED) is 0.706. The molecule has 9 nitrogen and oxygen atoms in total. The molecule has 1 aliphatic rings. The van der Waals surface area contributed by atoms with Gasteiger partial charge in [-0.25, -0.2) is 4.98 Å². The lowest BCUT2D eigenvalue weighted by atomic mass is 10.1. The smallest absolute Gasteiger partial charge is 0.327 e. The number of benzene rings is 1. The number of thiazole rings is 1. The maximum Gasteiger partial charge on any atom is 0.327 e. The number of carboxylic acids is 1. The molecule has 27 heavy (non-hydrogen) atoms. The molecule has 140 valence electrons. The molecule has 1 aromatic carbocycles. The number of anilines is 2. The second-order valence-corrected chi connectivity index (χ2v) is 7.31. The minimum Gasteiger partial charge on any atom is -0.480 e. The van der Waals surface area contributed by atoms with E-state index in [1.54, 1.807) is 6.20 Å². The Morgan fingerprint density at radius 1 is 1.19 bits per heavy atom. The lowest BCUT2D eigenvalue weighted by Gasteiger charge is -2.36. The van der Waals surface area contributed by atoms with Gasteiger partial charge in [-0.15, -0.1) is 10.2 Å². The van der Waals surface area contributed by atoms with E-state index in [4.69, 9.17) is 5.11 Å². The first-order valence-corrected chi connectivity index (χ1v) is 9.43. The normalized spacial score (nSPS) is 14.6.